The Morgan fingerprint density at radius 2 is 2.14 bits per heavy atom. The average molecular weight is 335 g/mol. The summed E-state index contributed by atoms with van der Waals surface area (Å²) in [5, 5.41) is 5.11. The fourth-order valence-electron chi connectivity index (χ4n) is 3.19. The van der Waals surface area contributed by atoms with Crippen molar-refractivity contribution in [3.63, 3.8) is 0 Å². The van der Waals surface area contributed by atoms with E-state index in [1.54, 1.807) is 22.7 Å². The number of thiophene rings is 1. The Bertz CT molecular complexity index is 600. The van der Waals surface area contributed by atoms with Crippen LogP contribution in [0.25, 0.3) is 9.88 Å². The molecule has 2 aromatic heterocycles. The SMILES string of the molecule is CCN(C(=O)Cc1csc(-c2cccs2)n1)C1CCCCC1. The summed E-state index contributed by atoms with van der Waals surface area (Å²) in [4.78, 5) is 20.5. The van der Waals surface area contributed by atoms with Gasteiger partial charge in [0.25, 0.3) is 0 Å². The smallest absolute Gasteiger partial charge is 0.228 e. The van der Waals surface area contributed by atoms with E-state index in [4.69, 9.17) is 0 Å². The molecule has 0 atom stereocenters. The molecule has 22 heavy (non-hydrogen) atoms. The van der Waals surface area contributed by atoms with Crippen molar-refractivity contribution in [1.29, 1.82) is 0 Å². The summed E-state index contributed by atoms with van der Waals surface area (Å²) in [6, 6.07) is 4.56. The van der Waals surface area contributed by atoms with Crippen molar-refractivity contribution in [3.05, 3.63) is 28.6 Å². The molecule has 3 nitrogen and oxygen atoms in total. The molecule has 1 saturated carbocycles. The molecule has 0 aliphatic heterocycles. The lowest BCUT2D eigenvalue weighted by molar-refractivity contribution is -0.133. The molecule has 0 bridgehead atoms. The lowest BCUT2D eigenvalue weighted by Crippen LogP contribution is -2.42. The number of likely N-dealkylation sites (N-methyl/N-ethyl adjacent to an activating group) is 1. The first-order chi connectivity index (χ1) is 10.8. The zero-order chi connectivity index (χ0) is 15.4. The highest BCUT2D eigenvalue weighted by atomic mass is 32.1. The van der Waals surface area contributed by atoms with Crippen molar-refractivity contribution in [3.8, 4) is 9.88 Å². The van der Waals surface area contributed by atoms with Gasteiger partial charge in [0.05, 0.1) is 17.0 Å². The quantitative estimate of drug-likeness (QED) is 0.801. The van der Waals surface area contributed by atoms with Crippen LogP contribution < -0.4 is 0 Å². The maximum atomic E-state index is 12.6. The molecule has 0 saturated heterocycles. The second-order valence-electron chi connectivity index (χ2n) is 5.77. The fraction of sp³-hybridized carbons (Fsp3) is 0.529. The van der Waals surface area contributed by atoms with E-state index in [2.05, 4.69) is 28.3 Å². The molecule has 2 aromatic rings. The van der Waals surface area contributed by atoms with Crippen LogP contribution in [-0.2, 0) is 11.2 Å². The highest BCUT2D eigenvalue weighted by Crippen LogP contribution is 2.28. The maximum Gasteiger partial charge on any atom is 0.228 e. The topological polar surface area (TPSA) is 33.2 Å². The zero-order valence-electron chi connectivity index (χ0n) is 13.0. The number of carbonyl (C=O) groups excluding carboxylic acids is 1. The van der Waals surface area contributed by atoms with Crippen LogP contribution >= 0.6 is 22.7 Å². The number of nitrogens with zero attached hydrogens (tertiary/aromatic N) is 2. The van der Waals surface area contributed by atoms with Gasteiger partial charge in [-0.2, -0.15) is 0 Å². The van der Waals surface area contributed by atoms with E-state index in [1.807, 2.05) is 11.4 Å². The van der Waals surface area contributed by atoms with E-state index in [9.17, 15) is 4.79 Å². The van der Waals surface area contributed by atoms with Gasteiger partial charge in [-0.1, -0.05) is 25.3 Å². The van der Waals surface area contributed by atoms with Gasteiger partial charge >= 0.3 is 0 Å². The van der Waals surface area contributed by atoms with Crippen LogP contribution in [0.1, 0.15) is 44.7 Å². The largest absolute Gasteiger partial charge is 0.340 e. The van der Waals surface area contributed by atoms with Crippen LogP contribution in [-0.4, -0.2) is 28.4 Å². The minimum Gasteiger partial charge on any atom is -0.340 e. The molecule has 0 aromatic carbocycles. The molecule has 2 heterocycles. The summed E-state index contributed by atoms with van der Waals surface area (Å²) in [5.41, 5.74) is 0.910. The Kier molecular flexibility index (Phi) is 5.26. The molecule has 1 fully saturated rings. The van der Waals surface area contributed by atoms with E-state index in [0.717, 1.165) is 30.1 Å². The average Bonchev–Trinajstić information content (AvgIpc) is 3.20. The minimum atomic E-state index is 0.234. The fourth-order valence-corrected chi connectivity index (χ4v) is 4.82. The lowest BCUT2D eigenvalue weighted by Gasteiger charge is -2.33. The third-order valence-corrected chi connectivity index (χ3v) is 6.22. The number of hydrogen-bond donors (Lipinski definition) is 0. The standard InChI is InChI=1S/C17H22N2OS2/c1-2-19(14-7-4-3-5-8-14)16(20)11-13-12-22-17(18-13)15-9-6-10-21-15/h6,9-10,12,14H,2-5,7-8,11H2,1H3. The van der Waals surface area contributed by atoms with Crippen molar-refractivity contribution in [1.82, 2.24) is 9.88 Å². The van der Waals surface area contributed by atoms with E-state index >= 15 is 0 Å². The molecule has 0 radical (unpaired) electrons. The third-order valence-electron chi connectivity index (χ3n) is 4.29. The molecule has 1 aliphatic carbocycles. The molecule has 1 aliphatic rings. The number of hydrogen-bond acceptors (Lipinski definition) is 4. The summed E-state index contributed by atoms with van der Waals surface area (Å²) in [7, 11) is 0. The second kappa shape index (κ2) is 7.38. The number of rotatable bonds is 5. The number of amides is 1. The van der Waals surface area contributed by atoms with Gasteiger partial charge in [0, 0.05) is 18.0 Å². The van der Waals surface area contributed by atoms with Crippen LogP contribution in [0.4, 0.5) is 0 Å². The normalized spacial score (nSPS) is 15.9. The lowest BCUT2D eigenvalue weighted by atomic mass is 9.94. The van der Waals surface area contributed by atoms with Crippen LogP contribution in [0.15, 0.2) is 22.9 Å². The van der Waals surface area contributed by atoms with Gasteiger partial charge in [-0.3, -0.25) is 4.79 Å². The van der Waals surface area contributed by atoms with Gasteiger partial charge in [-0.15, -0.1) is 22.7 Å². The first kappa shape index (κ1) is 15.7. The van der Waals surface area contributed by atoms with Crippen LogP contribution in [0.2, 0.25) is 0 Å². The molecule has 1 amide bonds. The highest BCUT2D eigenvalue weighted by molar-refractivity contribution is 7.20. The van der Waals surface area contributed by atoms with Gasteiger partial charge in [-0.05, 0) is 31.2 Å². The molecule has 5 heteroatoms. The first-order valence-corrected chi connectivity index (χ1v) is 9.81. The zero-order valence-corrected chi connectivity index (χ0v) is 14.6. The predicted octanol–water partition coefficient (Wildman–Crippen LogP) is 4.60. The van der Waals surface area contributed by atoms with E-state index in [1.165, 1.54) is 24.1 Å². The Labute approximate surface area is 140 Å². The monoisotopic (exact) mass is 334 g/mol. The van der Waals surface area contributed by atoms with E-state index in [-0.39, 0.29) is 5.91 Å². The summed E-state index contributed by atoms with van der Waals surface area (Å²) >= 11 is 3.33. The molecular formula is C17H22N2OS2. The van der Waals surface area contributed by atoms with Crippen molar-refractivity contribution in [2.45, 2.75) is 51.5 Å². The van der Waals surface area contributed by atoms with Gasteiger partial charge in [0.1, 0.15) is 5.01 Å². The highest BCUT2D eigenvalue weighted by Gasteiger charge is 2.24. The summed E-state index contributed by atoms with van der Waals surface area (Å²) in [5.74, 6) is 0.234. The number of thiazole rings is 1. The van der Waals surface area contributed by atoms with E-state index < -0.39 is 0 Å². The summed E-state index contributed by atoms with van der Waals surface area (Å²) in [6.07, 6.45) is 6.60. The van der Waals surface area contributed by atoms with Crippen LogP contribution in [0.3, 0.4) is 0 Å². The maximum absolute atomic E-state index is 12.6. The first-order valence-electron chi connectivity index (χ1n) is 8.05. The number of aromatic nitrogens is 1. The van der Waals surface area contributed by atoms with Crippen molar-refractivity contribution in [2.24, 2.45) is 0 Å². The molecular weight excluding hydrogens is 312 g/mol. The van der Waals surface area contributed by atoms with Gasteiger partial charge < -0.3 is 4.90 Å². The molecule has 3 rings (SSSR count). The van der Waals surface area contributed by atoms with Crippen molar-refractivity contribution in [2.75, 3.05) is 6.54 Å². The summed E-state index contributed by atoms with van der Waals surface area (Å²) < 4.78 is 0. The Balaban J connectivity index is 1.65. The predicted molar refractivity (Wildman–Crippen MR) is 93.4 cm³/mol. The Morgan fingerprint density at radius 1 is 1.32 bits per heavy atom. The van der Waals surface area contributed by atoms with Crippen LogP contribution in [0, 0.1) is 0 Å². The van der Waals surface area contributed by atoms with E-state index in [0.29, 0.717) is 12.5 Å². The van der Waals surface area contributed by atoms with Gasteiger partial charge in [0.15, 0.2) is 0 Å². The molecule has 0 unspecified atom stereocenters. The Hall–Kier alpha value is -1.20. The number of carbonyl (C=O) groups is 1. The molecule has 118 valence electrons. The van der Waals surface area contributed by atoms with Crippen LogP contribution in [0.5, 0.6) is 0 Å². The molecule has 0 spiro atoms. The van der Waals surface area contributed by atoms with Crippen molar-refractivity contribution < 1.29 is 4.79 Å². The molecule has 0 N–H and O–H groups in total. The van der Waals surface area contributed by atoms with Crippen molar-refractivity contribution >= 4 is 28.6 Å². The summed E-state index contributed by atoms with van der Waals surface area (Å²) in [6.45, 7) is 2.90. The third kappa shape index (κ3) is 3.58. The minimum absolute atomic E-state index is 0.234. The van der Waals surface area contributed by atoms with Gasteiger partial charge in [0.2, 0.25) is 5.91 Å². The second-order valence-corrected chi connectivity index (χ2v) is 7.58. The Morgan fingerprint density at radius 3 is 2.82 bits per heavy atom. The van der Waals surface area contributed by atoms with Gasteiger partial charge in [-0.25, -0.2) is 4.98 Å².